The normalized spacial score (nSPS) is 12.1. The molecule has 0 aliphatic carbocycles. The van der Waals surface area contributed by atoms with E-state index in [1.807, 2.05) is 5.38 Å². The summed E-state index contributed by atoms with van der Waals surface area (Å²) in [6.45, 7) is 0. The Labute approximate surface area is 162 Å². The molecule has 0 aliphatic heterocycles. The third-order valence-corrected chi connectivity index (χ3v) is 4.65. The lowest BCUT2D eigenvalue weighted by atomic mass is 10.2. The van der Waals surface area contributed by atoms with Crippen molar-refractivity contribution in [2.24, 2.45) is 10.1 Å². The van der Waals surface area contributed by atoms with E-state index >= 15 is 0 Å². The molecule has 4 aromatic rings. The highest BCUT2D eigenvalue weighted by Gasteiger charge is 2.10. The van der Waals surface area contributed by atoms with Crippen LogP contribution in [0.25, 0.3) is 11.5 Å². The Balaban J connectivity index is 1.82. The summed E-state index contributed by atoms with van der Waals surface area (Å²) in [5, 5.41) is 25.7. The summed E-state index contributed by atoms with van der Waals surface area (Å²) in [4.78, 5) is 5.05. The largest absolute Gasteiger partial charge is 0.508 e. The maximum Gasteiger partial charge on any atom is 0.211 e. The van der Waals surface area contributed by atoms with Crippen molar-refractivity contribution in [3.8, 4) is 23.0 Å². The first-order valence-corrected chi connectivity index (χ1v) is 9.09. The summed E-state index contributed by atoms with van der Waals surface area (Å²) in [5.41, 5.74) is 1.67. The highest BCUT2D eigenvalue weighted by molar-refractivity contribution is 7.07. The lowest BCUT2D eigenvalue weighted by molar-refractivity contribution is 0.450. The average Bonchev–Trinajstić information content (AvgIpc) is 3.33. The Bertz CT molecular complexity index is 1190. The summed E-state index contributed by atoms with van der Waals surface area (Å²) in [5.74, 6) is 0.122. The van der Waals surface area contributed by atoms with Crippen molar-refractivity contribution in [2.75, 3.05) is 0 Å². The maximum atomic E-state index is 13.1. The Morgan fingerprint density at radius 3 is 2.61 bits per heavy atom. The van der Waals surface area contributed by atoms with E-state index in [4.69, 9.17) is 4.42 Å². The summed E-state index contributed by atoms with van der Waals surface area (Å²) in [6.07, 6.45) is 3.02. The van der Waals surface area contributed by atoms with Gasteiger partial charge in [-0.1, -0.05) is 0 Å². The lowest BCUT2D eigenvalue weighted by Crippen LogP contribution is -2.11. The number of phenolic OH excluding ortho intramolecular Hbond substituents is 2. The second-order valence-corrected chi connectivity index (χ2v) is 6.61. The van der Waals surface area contributed by atoms with Crippen molar-refractivity contribution in [1.82, 2.24) is 4.68 Å². The molecule has 0 fully saturated rings. The predicted octanol–water partition coefficient (Wildman–Crippen LogP) is 4.47. The molecule has 0 saturated heterocycles. The molecule has 140 valence electrons. The van der Waals surface area contributed by atoms with E-state index < -0.39 is 0 Å². The first kappa shape index (κ1) is 17.7. The smallest absolute Gasteiger partial charge is 0.211 e. The number of hydrogen-bond acceptors (Lipinski definition) is 6. The number of furan rings is 1. The van der Waals surface area contributed by atoms with Crippen LogP contribution in [0.4, 0.5) is 10.1 Å². The second-order valence-electron chi connectivity index (χ2n) is 5.77. The molecule has 2 aromatic carbocycles. The minimum absolute atomic E-state index is 0.0406. The quantitative estimate of drug-likeness (QED) is 0.500. The second kappa shape index (κ2) is 7.53. The third kappa shape index (κ3) is 3.72. The molecule has 4 rings (SSSR count). The molecule has 28 heavy (non-hydrogen) atoms. The van der Waals surface area contributed by atoms with Gasteiger partial charge in [0.2, 0.25) is 4.80 Å². The zero-order valence-electron chi connectivity index (χ0n) is 14.4. The van der Waals surface area contributed by atoms with Gasteiger partial charge in [-0.2, -0.15) is 5.10 Å². The van der Waals surface area contributed by atoms with Gasteiger partial charge in [0.15, 0.2) is 5.76 Å². The van der Waals surface area contributed by atoms with E-state index in [0.29, 0.717) is 27.5 Å². The fourth-order valence-electron chi connectivity index (χ4n) is 2.47. The zero-order chi connectivity index (χ0) is 19.5. The molecule has 0 atom stereocenters. The Kier molecular flexibility index (Phi) is 4.77. The molecule has 0 radical (unpaired) electrons. The van der Waals surface area contributed by atoms with Gasteiger partial charge < -0.3 is 14.6 Å². The monoisotopic (exact) mass is 395 g/mol. The summed E-state index contributed by atoms with van der Waals surface area (Å²) < 4.78 is 20.2. The molecule has 6 nitrogen and oxygen atoms in total. The van der Waals surface area contributed by atoms with Crippen molar-refractivity contribution >= 4 is 23.2 Å². The van der Waals surface area contributed by atoms with Gasteiger partial charge in [0.05, 0.1) is 18.2 Å². The fraction of sp³-hybridized carbons (Fsp3) is 0. The SMILES string of the molecule is Oc1ccc(C=Nn2c(-c3ccco3)csc2=Nc2ccc(F)cc2)c(O)c1. The van der Waals surface area contributed by atoms with Crippen molar-refractivity contribution in [2.45, 2.75) is 0 Å². The van der Waals surface area contributed by atoms with E-state index in [2.05, 4.69) is 10.1 Å². The van der Waals surface area contributed by atoms with Crippen LogP contribution in [-0.4, -0.2) is 21.1 Å². The third-order valence-electron chi connectivity index (χ3n) is 3.84. The number of thiazole rings is 1. The fourth-order valence-corrected chi connectivity index (χ4v) is 3.31. The van der Waals surface area contributed by atoms with E-state index in [9.17, 15) is 14.6 Å². The van der Waals surface area contributed by atoms with Crippen LogP contribution in [0.1, 0.15) is 5.56 Å². The highest BCUT2D eigenvalue weighted by atomic mass is 32.1. The van der Waals surface area contributed by atoms with Crippen LogP contribution < -0.4 is 4.80 Å². The van der Waals surface area contributed by atoms with Crippen LogP contribution in [0.5, 0.6) is 11.5 Å². The van der Waals surface area contributed by atoms with Gasteiger partial charge in [-0.3, -0.25) is 0 Å². The number of phenols is 2. The van der Waals surface area contributed by atoms with Gasteiger partial charge in [-0.15, -0.1) is 11.3 Å². The number of hydrogen-bond donors (Lipinski definition) is 2. The topological polar surface area (TPSA) is 83.2 Å². The van der Waals surface area contributed by atoms with Gasteiger partial charge in [0.25, 0.3) is 0 Å². The molecule has 2 heterocycles. The maximum absolute atomic E-state index is 13.1. The zero-order valence-corrected chi connectivity index (χ0v) is 15.2. The van der Waals surface area contributed by atoms with Gasteiger partial charge in [-0.05, 0) is 48.5 Å². The van der Waals surface area contributed by atoms with Gasteiger partial charge >= 0.3 is 0 Å². The van der Waals surface area contributed by atoms with Crippen LogP contribution in [0.3, 0.4) is 0 Å². The number of nitrogens with zero attached hydrogens (tertiary/aromatic N) is 3. The Hall–Kier alpha value is -3.65. The molecule has 0 saturated carbocycles. The molecule has 0 bridgehead atoms. The van der Waals surface area contributed by atoms with E-state index in [0.717, 1.165) is 0 Å². The van der Waals surface area contributed by atoms with Gasteiger partial charge in [-0.25, -0.2) is 14.1 Å². The van der Waals surface area contributed by atoms with Crippen LogP contribution in [-0.2, 0) is 0 Å². The van der Waals surface area contributed by atoms with E-state index in [1.54, 1.807) is 41.3 Å². The minimum atomic E-state index is -0.338. The van der Waals surface area contributed by atoms with Crippen LogP contribution in [0.2, 0.25) is 0 Å². The number of rotatable bonds is 4. The summed E-state index contributed by atoms with van der Waals surface area (Å²) in [6, 6.07) is 13.6. The van der Waals surface area contributed by atoms with Gasteiger partial charge in [0.1, 0.15) is 23.0 Å². The number of halogens is 1. The highest BCUT2D eigenvalue weighted by Crippen LogP contribution is 2.23. The van der Waals surface area contributed by atoms with Crippen molar-refractivity contribution < 1.29 is 19.0 Å². The first-order valence-electron chi connectivity index (χ1n) is 8.21. The minimum Gasteiger partial charge on any atom is -0.508 e. The molecule has 8 heteroatoms. The average molecular weight is 395 g/mol. The predicted molar refractivity (Wildman–Crippen MR) is 104 cm³/mol. The Morgan fingerprint density at radius 2 is 1.89 bits per heavy atom. The van der Waals surface area contributed by atoms with Gasteiger partial charge in [0, 0.05) is 17.0 Å². The number of aromatic hydroxyl groups is 2. The summed E-state index contributed by atoms with van der Waals surface area (Å²) in [7, 11) is 0. The van der Waals surface area contributed by atoms with Crippen molar-refractivity contribution in [3.05, 3.63) is 82.4 Å². The van der Waals surface area contributed by atoms with E-state index in [1.165, 1.54) is 41.8 Å². The van der Waals surface area contributed by atoms with E-state index in [-0.39, 0.29) is 17.3 Å². The number of aromatic nitrogens is 1. The van der Waals surface area contributed by atoms with Crippen molar-refractivity contribution in [1.29, 1.82) is 0 Å². The summed E-state index contributed by atoms with van der Waals surface area (Å²) >= 11 is 1.34. The Morgan fingerprint density at radius 1 is 1.07 bits per heavy atom. The van der Waals surface area contributed by atoms with Crippen LogP contribution in [0.15, 0.2) is 80.8 Å². The molecule has 0 amide bonds. The molecular weight excluding hydrogens is 381 g/mol. The van der Waals surface area contributed by atoms with Crippen LogP contribution in [0, 0.1) is 5.82 Å². The molecule has 2 aromatic heterocycles. The van der Waals surface area contributed by atoms with Crippen molar-refractivity contribution in [3.63, 3.8) is 0 Å². The standard InChI is InChI=1S/C20H14FN3O3S/c21-14-4-6-15(7-5-14)23-20-24(17(12-28-20)19-2-1-9-27-19)22-11-13-3-8-16(25)10-18(13)26/h1-12,25-26H. The molecule has 2 N–H and O–H groups in total. The molecule has 0 unspecified atom stereocenters. The molecule has 0 aliphatic rings. The first-order chi connectivity index (χ1) is 13.6. The van der Waals surface area contributed by atoms with Crippen LogP contribution >= 0.6 is 11.3 Å². The number of benzene rings is 2. The lowest BCUT2D eigenvalue weighted by Gasteiger charge is -2.02. The molecule has 0 spiro atoms. The molecular formula is C20H14FN3O3S.